The van der Waals surface area contributed by atoms with Crippen molar-refractivity contribution in [3.8, 4) is 0 Å². The molecule has 4 nitrogen and oxygen atoms in total. The van der Waals surface area contributed by atoms with Gasteiger partial charge in [0.15, 0.2) is 0 Å². The molecule has 0 heterocycles. The zero-order valence-corrected chi connectivity index (χ0v) is 10.5. The molecule has 0 saturated carbocycles. The Labute approximate surface area is 92.8 Å². The van der Waals surface area contributed by atoms with Gasteiger partial charge in [0, 0.05) is 12.6 Å². The predicted octanol–water partition coefficient (Wildman–Crippen LogP) is 0.853. The summed E-state index contributed by atoms with van der Waals surface area (Å²) in [5.41, 5.74) is 5.58. The van der Waals surface area contributed by atoms with Crippen molar-refractivity contribution >= 4 is 5.97 Å². The molecule has 0 saturated heterocycles. The van der Waals surface area contributed by atoms with Gasteiger partial charge >= 0.3 is 5.97 Å². The fourth-order valence-corrected chi connectivity index (χ4v) is 1.72. The maximum atomic E-state index is 11.4. The van der Waals surface area contributed by atoms with Crippen molar-refractivity contribution in [3.63, 3.8) is 0 Å². The van der Waals surface area contributed by atoms with Crippen LogP contribution < -0.4 is 5.73 Å². The van der Waals surface area contributed by atoms with Gasteiger partial charge in [-0.2, -0.15) is 0 Å². The van der Waals surface area contributed by atoms with Crippen LogP contribution in [0.5, 0.6) is 0 Å². The van der Waals surface area contributed by atoms with E-state index in [0.717, 1.165) is 6.42 Å². The molecule has 4 heteroatoms. The standard InChI is InChI=1S/C11H24N2O2/c1-8(2)6-9(3)13(4)10(7-12)11(14)15-5/h8-10H,6-7,12H2,1-5H3. The molecule has 0 aromatic rings. The molecule has 0 aliphatic carbocycles. The summed E-state index contributed by atoms with van der Waals surface area (Å²) >= 11 is 0. The second kappa shape index (κ2) is 6.80. The lowest BCUT2D eigenvalue weighted by Gasteiger charge is -2.31. The Morgan fingerprint density at radius 3 is 2.27 bits per heavy atom. The van der Waals surface area contributed by atoms with Crippen molar-refractivity contribution < 1.29 is 9.53 Å². The van der Waals surface area contributed by atoms with Crippen LogP contribution in [0.4, 0.5) is 0 Å². The number of ether oxygens (including phenoxy) is 1. The van der Waals surface area contributed by atoms with Crippen LogP contribution in [-0.2, 0) is 9.53 Å². The van der Waals surface area contributed by atoms with E-state index in [9.17, 15) is 4.79 Å². The van der Waals surface area contributed by atoms with Gasteiger partial charge in [-0.1, -0.05) is 13.8 Å². The van der Waals surface area contributed by atoms with Crippen LogP contribution in [0, 0.1) is 5.92 Å². The van der Waals surface area contributed by atoms with E-state index in [1.807, 2.05) is 11.9 Å². The number of carbonyl (C=O) groups excluding carboxylic acids is 1. The Kier molecular flexibility index (Phi) is 6.52. The Morgan fingerprint density at radius 2 is 1.93 bits per heavy atom. The van der Waals surface area contributed by atoms with E-state index < -0.39 is 0 Å². The SMILES string of the molecule is COC(=O)C(CN)N(C)C(C)CC(C)C. The summed E-state index contributed by atoms with van der Waals surface area (Å²) in [4.78, 5) is 13.4. The highest BCUT2D eigenvalue weighted by Crippen LogP contribution is 2.12. The number of nitrogens with two attached hydrogens (primary N) is 1. The smallest absolute Gasteiger partial charge is 0.324 e. The number of nitrogens with zero attached hydrogens (tertiary/aromatic N) is 1. The molecule has 0 aliphatic heterocycles. The zero-order valence-electron chi connectivity index (χ0n) is 10.5. The van der Waals surface area contributed by atoms with Gasteiger partial charge in [0.2, 0.25) is 0 Å². The van der Waals surface area contributed by atoms with E-state index in [2.05, 4.69) is 20.8 Å². The summed E-state index contributed by atoms with van der Waals surface area (Å²) in [7, 11) is 3.31. The highest BCUT2D eigenvalue weighted by molar-refractivity contribution is 5.75. The van der Waals surface area contributed by atoms with E-state index in [0.29, 0.717) is 18.5 Å². The molecule has 0 bridgehead atoms. The van der Waals surface area contributed by atoms with Gasteiger partial charge in [0.05, 0.1) is 7.11 Å². The predicted molar refractivity (Wildman–Crippen MR) is 61.5 cm³/mol. The Hall–Kier alpha value is -0.610. The molecule has 2 N–H and O–H groups in total. The molecule has 15 heavy (non-hydrogen) atoms. The van der Waals surface area contributed by atoms with E-state index in [1.165, 1.54) is 7.11 Å². The van der Waals surface area contributed by atoms with Crippen molar-refractivity contribution in [2.24, 2.45) is 11.7 Å². The molecule has 0 aromatic carbocycles. The van der Waals surface area contributed by atoms with Gasteiger partial charge in [-0.05, 0) is 26.3 Å². The van der Waals surface area contributed by atoms with Crippen molar-refractivity contribution in [2.45, 2.75) is 39.3 Å². The maximum absolute atomic E-state index is 11.4. The first-order valence-corrected chi connectivity index (χ1v) is 5.43. The number of hydrogen-bond donors (Lipinski definition) is 1. The van der Waals surface area contributed by atoms with Crippen molar-refractivity contribution in [1.82, 2.24) is 4.90 Å². The highest BCUT2D eigenvalue weighted by Gasteiger charge is 2.26. The Morgan fingerprint density at radius 1 is 1.40 bits per heavy atom. The first kappa shape index (κ1) is 14.4. The monoisotopic (exact) mass is 216 g/mol. The molecule has 2 unspecified atom stereocenters. The van der Waals surface area contributed by atoms with Crippen LogP contribution in [0.15, 0.2) is 0 Å². The minimum atomic E-state index is -0.330. The molecule has 0 aromatic heterocycles. The zero-order chi connectivity index (χ0) is 12.0. The molecular weight excluding hydrogens is 192 g/mol. The summed E-state index contributed by atoms with van der Waals surface area (Å²) in [5.74, 6) is 0.356. The number of esters is 1. The van der Waals surface area contributed by atoms with Crippen molar-refractivity contribution in [2.75, 3.05) is 20.7 Å². The number of methoxy groups -OCH3 is 1. The first-order chi connectivity index (χ1) is 6.93. The van der Waals surface area contributed by atoms with E-state index in [4.69, 9.17) is 10.5 Å². The molecule has 0 rings (SSSR count). The molecule has 0 fully saturated rings. The third-order valence-electron chi connectivity index (χ3n) is 2.70. The summed E-state index contributed by atoms with van der Waals surface area (Å²) < 4.78 is 4.72. The van der Waals surface area contributed by atoms with Crippen LogP contribution in [0.25, 0.3) is 0 Å². The Bertz CT molecular complexity index is 195. The lowest BCUT2D eigenvalue weighted by molar-refractivity contribution is -0.146. The van der Waals surface area contributed by atoms with Crippen LogP contribution >= 0.6 is 0 Å². The second-order valence-electron chi connectivity index (χ2n) is 4.42. The number of carbonyl (C=O) groups is 1. The van der Waals surface area contributed by atoms with Crippen LogP contribution in [0.1, 0.15) is 27.2 Å². The lowest BCUT2D eigenvalue weighted by Crippen LogP contribution is -2.48. The fraction of sp³-hybridized carbons (Fsp3) is 0.909. The van der Waals surface area contributed by atoms with Crippen molar-refractivity contribution in [3.05, 3.63) is 0 Å². The summed E-state index contributed by atoms with van der Waals surface area (Å²) in [6.07, 6.45) is 1.05. The quantitative estimate of drug-likeness (QED) is 0.669. The van der Waals surface area contributed by atoms with Crippen molar-refractivity contribution in [1.29, 1.82) is 0 Å². The average Bonchev–Trinajstić information content (AvgIpc) is 2.17. The lowest BCUT2D eigenvalue weighted by atomic mass is 10.0. The normalized spacial score (nSPS) is 15.5. The minimum absolute atomic E-state index is 0.254. The summed E-state index contributed by atoms with van der Waals surface area (Å²) in [6.45, 7) is 6.73. The van der Waals surface area contributed by atoms with Gasteiger partial charge in [-0.25, -0.2) is 0 Å². The molecule has 2 atom stereocenters. The molecule has 90 valence electrons. The van der Waals surface area contributed by atoms with Gasteiger partial charge in [-0.15, -0.1) is 0 Å². The highest BCUT2D eigenvalue weighted by atomic mass is 16.5. The third kappa shape index (κ3) is 4.62. The molecule has 0 aliphatic rings. The number of hydrogen-bond acceptors (Lipinski definition) is 4. The topological polar surface area (TPSA) is 55.6 Å². The van der Waals surface area contributed by atoms with Gasteiger partial charge in [0.25, 0.3) is 0 Å². The van der Waals surface area contributed by atoms with Crippen LogP contribution in [0.3, 0.4) is 0 Å². The molecule has 0 amide bonds. The summed E-state index contributed by atoms with van der Waals surface area (Å²) in [5, 5.41) is 0. The van der Waals surface area contributed by atoms with Crippen LogP contribution in [-0.4, -0.2) is 43.7 Å². The minimum Gasteiger partial charge on any atom is -0.468 e. The first-order valence-electron chi connectivity index (χ1n) is 5.43. The maximum Gasteiger partial charge on any atom is 0.324 e. The van der Waals surface area contributed by atoms with E-state index in [1.54, 1.807) is 0 Å². The van der Waals surface area contributed by atoms with Gasteiger partial charge < -0.3 is 10.5 Å². The van der Waals surface area contributed by atoms with E-state index in [-0.39, 0.29) is 12.0 Å². The Balaban J connectivity index is 4.36. The van der Waals surface area contributed by atoms with Gasteiger partial charge in [0.1, 0.15) is 6.04 Å². The van der Waals surface area contributed by atoms with Gasteiger partial charge in [-0.3, -0.25) is 9.69 Å². The summed E-state index contributed by atoms with van der Waals surface area (Å²) in [6, 6.07) is 0.00130. The average molecular weight is 216 g/mol. The van der Waals surface area contributed by atoms with Crippen LogP contribution in [0.2, 0.25) is 0 Å². The third-order valence-corrected chi connectivity index (χ3v) is 2.70. The van der Waals surface area contributed by atoms with E-state index >= 15 is 0 Å². The molecular formula is C11H24N2O2. The number of rotatable bonds is 6. The fourth-order valence-electron chi connectivity index (χ4n) is 1.72. The molecule has 0 spiro atoms. The second-order valence-corrected chi connectivity index (χ2v) is 4.42. The largest absolute Gasteiger partial charge is 0.468 e. The number of likely N-dealkylation sites (N-methyl/N-ethyl adjacent to an activating group) is 1. The molecule has 0 radical (unpaired) electrons.